The molecule has 1 aromatic rings. The average Bonchev–Trinajstić information content (AvgIpc) is 2.43. The van der Waals surface area contributed by atoms with Gasteiger partial charge in [0.25, 0.3) is 0 Å². The van der Waals surface area contributed by atoms with Crippen LogP contribution in [0.25, 0.3) is 0 Å². The molecule has 4 heteroatoms. The second-order valence-corrected chi connectivity index (χ2v) is 5.17. The third-order valence-corrected chi connectivity index (χ3v) is 3.77. The number of carbonyl (C=O) groups excluding carboxylic acids is 1. The molecule has 3 nitrogen and oxygen atoms in total. The lowest BCUT2D eigenvalue weighted by molar-refractivity contribution is -0.124. The predicted molar refractivity (Wildman–Crippen MR) is 70.9 cm³/mol. The monoisotopic (exact) mass is 260 g/mol. The molecule has 0 bridgehead atoms. The molecule has 1 aliphatic carbocycles. The average molecular weight is 260 g/mol. The normalized spacial score (nSPS) is 17.5. The zero-order valence-electron chi connectivity index (χ0n) is 11.0. The summed E-state index contributed by atoms with van der Waals surface area (Å²) in [5, 5.41) is 12.1. The van der Waals surface area contributed by atoms with E-state index >= 15 is 0 Å². The first-order valence-corrected chi connectivity index (χ1v) is 6.56. The van der Waals surface area contributed by atoms with E-state index in [1.54, 1.807) is 13.0 Å². The molecule has 1 saturated carbocycles. The van der Waals surface area contributed by atoms with Crippen molar-refractivity contribution in [2.75, 3.05) is 5.32 Å². The van der Waals surface area contributed by atoms with E-state index in [0.717, 1.165) is 19.3 Å². The SMILES string of the molecule is Cc1cc(NC(=O)C2(C#N)CCCCC2)ccc1F. The van der Waals surface area contributed by atoms with Crippen molar-refractivity contribution in [2.45, 2.75) is 39.0 Å². The highest BCUT2D eigenvalue weighted by molar-refractivity contribution is 5.97. The molecule has 1 aromatic carbocycles. The third kappa shape index (κ3) is 2.76. The Balaban J connectivity index is 2.15. The topological polar surface area (TPSA) is 52.9 Å². The summed E-state index contributed by atoms with van der Waals surface area (Å²) in [4.78, 5) is 12.3. The van der Waals surface area contributed by atoms with Gasteiger partial charge in [-0.1, -0.05) is 19.3 Å². The molecule has 0 spiro atoms. The van der Waals surface area contributed by atoms with Gasteiger partial charge in [0.15, 0.2) is 0 Å². The second kappa shape index (κ2) is 5.40. The molecular weight excluding hydrogens is 243 g/mol. The fourth-order valence-electron chi connectivity index (χ4n) is 2.52. The summed E-state index contributed by atoms with van der Waals surface area (Å²) < 4.78 is 13.2. The molecule has 0 aliphatic heterocycles. The zero-order chi connectivity index (χ0) is 13.9. The Bertz CT molecular complexity index is 527. The van der Waals surface area contributed by atoms with Crippen LogP contribution in [-0.4, -0.2) is 5.91 Å². The van der Waals surface area contributed by atoms with E-state index in [2.05, 4.69) is 11.4 Å². The minimum atomic E-state index is -0.916. The molecule has 19 heavy (non-hydrogen) atoms. The molecule has 0 unspecified atom stereocenters. The highest BCUT2D eigenvalue weighted by Gasteiger charge is 2.39. The van der Waals surface area contributed by atoms with Crippen LogP contribution in [0.5, 0.6) is 0 Å². The van der Waals surface area contributed by atoms with Crippen molar-refractivity contribution >= 4 is 11.6 Å². The Morgan fingerprint density at radius 3 is 2.63 bits per heavy atom. The molecular formula is C15H17FN2O. The van der Waals surface area contributed by atoms with Gasteiger partial charge in [0.1, 0.15) is 11.2 Å². The van der Waals surface area contributed by atoms with Gasteiger partial charge in [-0.2, -0.15) is 5.26 Å². The molecule has 0 radical (unpaired) electrons. The van der Waals surface area contributed by atoms with Crippen LogP contribution in [0, 0.1) is 29.5 Å². The predicted octanol–water partition coefficient (Wildman–Crippen LogP) is 3.55. The quantitative estimate of drug-likeness (QED) is 0.884. The lowest BCUT2D eigenvalue weighted by Gasteiger charge is -2.29. The summed E-state index contributed by atoms with van der Waals surface area (Å²) >= 11 is 0. The summed E-state index contributed by atoms with van der Waals surface area (Å²) in [6, 6.07) is 6.61. The van der Waals surface area contributed by atoms with E-state index in [0.29, 0.717) is 24.1 Å². The Kier molecular flexibility index (Phi) is 3.84. The van der Waals surface area contributed by atoms with Crippen molar-refractivity contribution in [3.05, 3.63) is 29.6 Å². The number of rotatable bonds is 2. The Labute approximate surface area is 112 Å². The van der Waals surface area contributed by atoms with Crippen LogP contribution >= 0.6 is 0 Å². The number of halogens is 1. The van der Waals surface area contributed by atoms with Gasteiger partial charge in [-0.15, -0.1) is 0 Å². The van der Waals surface area contributed by atoms with Gasteiger partial charge in [-0.3, -0.25) is 4.79 Å². The molecule has 0 aromatic heterocycles. The summed E-state index contributed by atoms with van der Waals surface area (Å²) in [5.41, 5.74) is 0.108. The van der Waals surface area contributed by atoms with Gasteiger partial charge >= 0.3 is 0 Å². The van der Waals surface area contributed by atoms with E-state index in [1.807, 2.05) is 0 Å². The van der Waals surface area contributed by atoms with Crippen molar-refractivity contribution in [1.82, 2.24) is 0 Å². The number of hydrogen-bond acceptors (Lipinski definition) is 2. The molecule has 100 valence electrons. The first kappa shape index (κ1) is 13.5. The maximum atomic E-state index is 13.2. The third-order valence-electron chi connectivity index (χ3n) is 3.77. The van der Waals surface area contributed by atoms with Gasteiger partial charge < -0.3 is 5.32 Å². The Morgan fingerprint density at radius 2 is 2.05 bits per heavy atom. The summed E-state index contributed by atoms with van der Waals surface area (Å²) in [6.07, 6.45) is 4.10. The van der Waals surface area contributed by atoms with Crippen LogP contribution in [-0.2, 0) is 4.79 Å². The lowest BCUT2D eigenvalue weighted by Crippen LogP contribution is -2.36. The number of carbonyl (C=O) groups is 1. The Hall–Kier alpha value is -1.89. The number of nitriles is 1. The van der Waals surface area contributed by atoms with Gasteiger partial charge in [0.2, 0.25) is 5.91 Å². The first-order chi connectivity index (χ1) is 9.07. The lowest BCUT2D eigenvalue weighted by atomic mass is 9.74. The van der Waals surface area contributed by atoms with Crippen LogP contribution in [0.3, 0.4) is 0 Å². The zero-order valence-corrected chi connectivity index (χ0v) is 11.0. The summed E-state index contributed by atoms with van der Waals surface area (Å²) in [5.74, 6) is -0.564. The van der Waals surface area contributed by atoms with Crippen LogP contribution in [0.1, 0.15) is 37.7 Å². The van der Waals surface area contributed by atoms with E-state index in [4.69, 9.17) is 0 Å². The van der Waals surface area contributed by atoms with Gasteiger partial charge in [0, 0.05) is 5.69 Å². The summed E-state index contributed by atoms with van der Waals surface area (Å²) in [6.45, 7) is 1.64. The van der Waals surface area contributed by atoms with Crippen LogP contribution < -0.4 is 5.32 Å². The van der Waals surface area contributed by atoms with Gasteiger partial charge in [-0.05, 0) is 43.5 Å². The van der Waals surface area contributed by atoms with Crippen LogP contribution in [0.4, 0.5) is 10.1 Å². The highest BCUT2D eigenvalue weighted by Crippen LogP contribution is 2.36. The smallest absolute Gasteiger partial charge is 0.244 e. The van der Waals surface area contributed by atoms with Gasteiger partial charge in [0.05, 0.1) is 6.07 Å². The number of nitrogens with one attached hydrogen (secondary N) is 1. The fraction of sp³-hybridized carbons (Fsp3) is 0.467. The minimum absolute atomic E-state index is 0.263. The standard InChI is InChI=1S/C15H17FN2O/c1-11-9-12(5-6-13(11)16)18-14(19)15(10-17)7-3-2-4-8-15/h5-6,9H,2-4,7-8H2,1H3,(H,18,19). The number of amides is 1. The van der Waals surface area contributed by atoms with E-state index in [9.17, 15) is 14.4 Å². The molecule has 0 heterocycles. The second-order valence-electron chi connectivity index (χ2n) is 5.17. The maximum absolute atomic E-state index is 13.2. The van der Waals surface area contributed by atoms with Crippen molar-refractivity contribution in [3.8, 4) is 6.07 Å². The maximum Gasteiger partial charge on any atom is 0.244 e. The molecule has 1 amide bonds. The number of hydrogen-bond donors (Lipinski definition) is 1. The molecule has 1 fully saturated rings. The highest BCUT2D eigenvalue weighted by atomic mass is 19.1. The number of aryl methyl sites for hydroxylation is 1. The van der Waals surface area contributed by atoms with Crippen molar-refractivity contribution in [2.24, 2.45) is 5.41 Å². The molecule has 2 rings (SSSR count). The molecule has 0 atom stereocenters. The fourth-order valence-corrected chi connectivity index (χ4v) is 2.52. The molecule has 1 N–H and O–H groups in total. The number of anilines is 1. The van der Waals surface area contributed by atoms with Gasteiger partial charge in [-0.25, -0.2) is 4.39 Å². The molecule has 1 aliphatic rings. The van der Waals surface area contributed by atoms with E-state index in [1.165, 1.54) is 12.1 Å². The largest absolute Gasteiger partial charge is 0.325 e. The number of nitrogens with zero attached hydrogens (tertiary/aromatic N) is 1. The van der Waals surface area contributed by atoms with E-state index < -0.39 is 5.41 Å². The Morgan fingerprint density at radius 1 is 1.37 bits per heavy atom. The summed E-state index contributed by atoms with van der Waals surface area (Å²) in [7, 11) is 0. The van der Waals surface area contributed by atoms with Crippen LogP contribution in [0.2, 0.25) is 0 Å². The van der Waals surface area contributed by atoms with Crippen molar-refractivity contribution in [3.63, 3.8) is 0 Å². The van der Waals surface area contributed by atoms with E-state index in [-0.39, 0.29) is 11.7 Å². The van der Waals surface area contributed by atoms with Crippen LogP contribution in [0.15, 0.2) is 18.2 Å². The number of benzene rings is 1. The first-order valence-electron chi connectivity index (χ1n) is 6.56. The van der Waals surface area contributed by atoms with Crippen molar-refractivity contribution < 1.29 is 9.18 Å². The minimum Gasteiger partial charge on any atom is -0.325 e. The molecule has 0 saturated heterocycles. The van der Waals surface area contributed by atoms with Crippen molar-refractivity contribution in [1.29, 1.82) is 5.26 Å².